The number of amides is 4. The molecule has 1 aromatic rings. The van der Waals surface area contributed by atoms with Crippen LogP contribution in [-0.2, 0) is 14.3 Å². The highest BCUT2D eigenvalue weighted by atomic mass is 16.5. The van der Waals surface area contributed by atoms with Gasteiger partial charge in [-0.2, -0.15) is 0 Å². The lowest BCUT2D eigenvalue weighted by molar-refractivity contribution is -0.139. The number of anilines is 1. The molecule has 0 spiro atoms. The molecule has 1 saturated heterocycles. The van der Waals surface area contributed by atoms with Crippen LogP contribution in [0.4, 0.5) is 10.5 Å². The van der Waals surface area contributed by atoms with Gasteiger partial charge in [-0.05, 0) is 18.2 Å². The molecule has 1 heterocycles. The van der Waals surface area contributed by atoms with Crippen molar-refractivity contribution in [1.29, 1.82) is 0 Å². The van der Waals surface area contributed by atoms with Crippen LogP contribution in [0.5, 0.6) is 0 Å². The fourth-order valence-corrected chi connectivity index (χ4v) is 2.41. The predicted molar refractivity (Wildman–Crippen MR) is 97.3 cm³/mol. The maximum atomic E-state index is 12.0. The number of ether oxygens (including phenoxy) is 1. The number of nitrogens with one attached hydrogen (secondary N) is 4. The summed E-state index contributed by atoms with van der Waals surface area (Å²) in [5.74, 6) is -1.44. The van der Waals surface area contributed by atoms with Gasteiger partial charge in [0.05, 0.1) is 13.7 Å². The van der Waals surface area contributed by atoms with E-state index in [0.717, 1.165) is 13.1 Å². The van der Waals surface area contributed by atoms with Gasteiger partial charge in [-0.3, -0.25) is 14.4 Å². The predicted octanol–water partition coefficient (Wildman–Crippen LogP) is -0.857. The lowest BCUT2D eigenvalue weighted by atomic mass is 10.2. The van der Waals surface area contributed by atoms with Crippen molar-refractivity contribution in [3.8, 4) is 0 Å². The number of rotatable bonds is 6. The maximum absolute atomic E-state index is 12.0. The molecule has 10 heteroatoms. The first-order chi connectivity index (χ1) is 13.0. The minimum absolute atomic E-state index is 0.179. The van der Waals surface area contributed by atoms with Crippen molar-refractivity contribution >= 4 is 29.5 Å². The Morgan fingerprint density at radius 1 is 1.11 bits per heavy atom. The minimum atomic E-state index is -0.562. The van der Waals surface area contributed by atoms with Crippen LogP contribution in [-0.4, -0.2) is 75.1 Å². The molecule has 4 amide bonds. The van der Waals surface area contributed by atoms with Crippen LogP contribution < -0.4 is 21.3 Å². The number of nitrogens with zero attached hydrogens (tertiary/aromatic N) is 1. The molecule has 27 heavy (non-hydrogen) atoms. The topological polar surface area (TPSA) is 129 Å². The molecule has 4 N–H and O–H groups in total. The quantitative estimate of drug-likeness (QED) is 0.478. The van der Waals surface area contributed by atoms with Crippen molar-refractivity contribution in [3.63, 3.8) is 0 Å². The third-order valence-electron chi connectivity index (χ3n) is 3.83. The molecule has 1 aromatic carbocycles. The number of benzene rings is 1. The number of hydrogen-bond acceptors (Lipinski definition) is 6. The van der Waals surface area contributed by atoms with Gasteiger partial charge in [0.2, 0.25) is 5.91 Å². The standard InChI is InChI=1S/C17H23N5O5/c1-27-15(24)11-19-16(25)12-3-2-4-13(9-12)21-14(23)10-20-17(26)22-7-5-18-6-8-22/h2-4,9,18H,5-8,10-11H2,1H3,(H,19,25)(H,20,26)(H,21,23). The third-order valence-corrected chi connectivity index (χ3v) is 3.83. The van der Waals surface area contributed by atoms with Gasteiger partial charge in [-0.25, -0.2) is 4.79 Å². The Morgan fingerprint density at radius 3 is 2.56 bits per heavy atom. The Hall–Kier alpha value is -3.14. The van der Waals surface area contributed by atoms with Crippen molar-refractivity contribution in [2.75, 3.05) is 51.7 Å². The van der Waals surface area contributed by atoms with Crippen molar-refractivity contribution in [2.45, 2.75) is 0 Å². The average Bonchev–Trinajstić information content (AvgIpc) is 2.70. The Bertz CT molecular complexity index is 703. The van der Waals surface area contributed by atoms with Gasteiger partial charge in [-0.1, -0.05) is 6.07 Å². The zero-order valence-electron chi connectivity index (χ0n) is 15.0. The Morgan fingerprint density at radius 2 is 1.85 bits per heavy atom. The Balaban J connectivity index is 1.82. The van der Waals surface area contributed by atoms with Crippen LogP contribution in [0.3, 0.4) is 0 Å². The Labute approximate surface area is 156 Å². The zero-order valence-corrected chi connectivity index (χ0v) is 15.0. The smallest absolute Gasteiger partial charge is 0.325 e. The second-order valence-corrected chi connectivity index (χ2v) is 5.78. The molecule has 1 aliphatic heterocycles. The SMILES string of the molecule is COC(=O)CNC(=O)c1cccc(NC(=O)CNC(=O)N2CCNCC2)c1. The number of hydrogen-bond donors (Lipinski definition) is 4. The number of carbonyl (C=O) groups is 4. The van der Waals surface area contributed by atoms with Gasteiger partial charge in [0.1, 0.15) is 6.54 Å². The average molecular weight is 377 g/mol. The van der Waals surface area contributed by atoms with E-state index in [1.54, 1.807) is 23.1 Å². The van der Waals surface area contributed by atoms with Crippen LogP contribution in [0.15, 0.2) is 24.3 Å². The van der Waals surface area contributed by atoms with E-state index >= 15 is 0 Å². The summed E-state index contributed by atoms with van der Waals surface area (Å²) < 4.78 is 4.45. The molecule has 0 radical (unpaired) electrons. The van der Waals surface area contributed by atoms with E-state index in [4.69, 9.17) is 0 Å². The molecule has 0 saturated carbocycles. The number of piperazine rings is 1. The van der Waals surface area contributed by atoms with Gasteiger partial charge in [0, 0.05) is 37.4 Å². The summed E-state index contributed by atoms with van der Waals surface area (Å²) in [5, 5.41) is 10.7. The normalized spacial score (nSPS) is 13.4. The summed E-state index contributed by atoms with van der Waals surface area (Å²) in [6, 6.07) is 5.95. The summed E-state index contributed by atoms with van der Waals surface area (Å²) >= 11 is 0. The maximum Gasteiger partial charge on any atom is 0.325 e. The highest BCUT2D eigenvalue weighted by Gasteiger charge is 2.16. The first-order valence-corrected chi connectivity index (χ1v) is 8.48. The lowest BCUT2D eigenvalue weighted by Gasteiger charge is -2.27. The summed E-state index contributed by atoms with van der Waals surface area (Å²) in [7, 11) is 1.23. The molecule has 0 atom stereocenters. The van der Waals surface area contributed by atoms with E-state index < -0.39 is 17.8 Å². The fraction of sp³-hybridized carbons (Fsp3) is 0.412. The lowest BCUT2D eigenvalue weighted by Crippen LogP contribution is -2.51. The van der Waals surface area contributed by atoms with Crippen LogP contribution in [0.1, 0.15) is 10.4 Å². The van der Waals surface area contributed by atoms with Crippen LogP contribution in [0.25, 0.3) is 0 Å². The van der Waals surface area contributed by atoms with Crippen molar-refractivity contribution < 1.29 is 23.9 Å². The van der Waals surface area contributed by atoms with Gasteiger partial charge >= 0.3 is 12.0 Å². The second kappa shape index (κ2) is 10.1. The van der Waals surface area contributed by atoms with Crippen LogP contribution in [0.2, 0.25) is 0 Å². The van der Waals surface area contributed by atoms with Gasteiger partial charge in [0.15, 0.2) is 0 Å². The molecule has 0 unspecified atom stereocenters. The molecule has 0 aromatic heterocycles. The second-order valence-electron chi connectivity index (χ2n) is 5.78. The Kier molecular flexibility index (Phi) is 7.56. The summed E-state index contributed by atoms with van der Waals surface area (Å²) in [6.07, 6.45) is 0. The molecule has 1 fully saturated rings. The first kappa shape index (κ1) is 20.2. The summed E-state index contributed by atoms with van der Waals surface area (Å²) in [6.45, 7) is 2.22. The number of esters is 1. The van der Waals surface area contributed by atoms with Crippen LogP contribution >= 0.6 is 0 Å². The number of carbonyl (C=O) groups excluding carboxylic acids is 4. The molecule has 0 aliphatic carbocycles. The van der Waals surface area contributed by atoms with Crippen molar-refractivity contribution in [1.82, 2.24) is 20.9 Å². The molecule has 1 aliphatic rings. The minimum Gasteiger partial charge on any atom is -0.468 e. The highest BCUT2D eigenvalue weighted by molar-refractivity contribution is 5.99. The van der Waals surface area contributed by atoms with E-state index in [1.807, 2.05) is 0 Å². The van der Waals surface area contributed by atoms with E-state index in [9.17, 15) is 19.2 Å². The van der Waals surface area contributed by atoms with Gasteiger partial charge in [-0.15, -0.1) is 0 Å². The third kappa shape index (κ3) is 6.59. The van der Waals surface area contributed by atoms with Crippen molar-refractivity contribution in [3.05, 3.63) is 29.8 Å². The monoisotopic (exact) mass is 377 g/mol. The number of urea groups is 1. The molecular weight excluding hydrogens is 354 g/mol. The van der Waals surface area contributed by atoms with E-state index in [0.29, 0.717) is 18.8 Å². The fourth-order valence-electron chi connectivity index (χ4n) is 2.41. The van der Waals surface area contributed by atoms with E-state index in [1.165, 1.54) is 13.2 Å². The largest absolute Gasteiger partial charge is 0.468 e. The molecule has 2 rings (SSSR count). The molecule has 0 bridgehead atoms. The molecular formula is C17H23N5O5. The van der Waals surface area contributed by atoms with E-state index in [-0.39, 0.29) is 24.7 Å². The highest BCUT2D eigenvalue weighted by Crippen LogP contribution is 2.10. The zero-order chi connectivity index (χ0) is 19.6. The van der Waals surface area contributed by atoms with E-state index in [2.05, 4.69) is 26.0 Å². The molecule has 10 nitrogen and oxygen atoms in total. The molecule has 146 valence electrons. The van der Waals surface area contributed by atoms with Gasteiger partial charge < -0.3 is 30.9 Å². The van der Waals surface area contributed by atoms with Crippen molar-refractivity contribution in [2.24, 2.45) is 0 Å². The first-order valence-electron chi connectivity index (χ1n) is 8.48. The van der Waals surface area contributed by atoms with Gasteiger partial charge in [0.25, 0.3) is 5.91 Å². The van der Waals surface area contributed by atoms with Crippen LogP contribution in [0, 0.1) is 0 Å². The number of methoxy groups -OCH3 is 1. The summed E-state index contributed by atoms with van der Waals surface area (Å²) in [5.41, 5.74) is 0.684. The summed E-state index contributed by atoms with van der Waals surface area (Å²) in [4.78, 5) is 48.7.